The summed E-state index contributed by atoms with van der Waals surface area (Å²) in [5.41, 5.74) is 9.01. The fraction of sp³-hybridized carbons (Fsp3) is 0.381. The molecule has 4 nitrogen and oxygen atoms in total. The summed E-state index contributed by atoms with van der Waals surface area (Å²) in [6.07, 6.45) is 2.85. The lowest BCUT2D eigenvalue weighted by atomic mass is 9.90. The van der Waals surface area contributed by atoms with Crippen LogP contribution in [0.25, 0.3) is 0 Å². The third-order valence-corrected chi connectivity index (χ3v) is 5.16. The normalized spacial score (nSPS) is 17.7. The van der Waals surface area contributed by atoms with Crippen molar-refractivity contribution < 1.29 is 13.6 Å². The highest BCUT2D eigenvalue weighted by molar-refractivity contribution is 5.88. The molecule has 6 heteroatoms. The van der Waals surface area contributed by atoms with Gasteiger partial charge in [-0.3, -0.25) is 4.90 Å². The van der Waals surface area contributed by atoms with E-state index in [4.69, 9.17) is 5.73 Å². The fourth-order valence-corrected chi connectivity index (χ4v) is 3.85. The molecule has 1 unspecified atom stereocenters. The molecule has 0 spiro atoms. The Morgan fingerprint density at radius 2 is 2.07 bits per heavy atom. The summed E-state index contributed by atoms with van der Waals surface area (Å²) < 4.78 is 26.6. The molecule has 1 saturated heterocycles. The van der Waals surface area contributed by atoms with E-state index >= 15 is 0 Å². The molecule has 1 heterocycles. The van der Waals surface area contributed by atoms with Crippen LogP contribution in [0.3, 0.4) is 0 Å². The number of amides is 2. The van der Waals surface area contributed by atoms with Gasteiger partial charge in [0, 0.05) is 18.8 Å². The average molecular weight is 373 g/mol. The second kappa shape index (κ2) is 8.48. The number of hydrogen-bond acceptors (Lipinski definition) is 2. The molecule has 2 amide bonds. The number of primary amides is 1. The van der Waals surface area contributed by atoms with Crippen LogP contribution in [-0.4, -0.2) is 24.0 Å². The molecule has 2 aromatic rings. The Hall–Kier alpha value is -2.47. The van der Waals surface area contributed by atoms with Crippen molar-refractivity contribution in [2.75, 3.05) is 18.4 Å². The van der Waals surface area contributed by atoms with Crippen molar-refractivity contribution in [2.24, 2.45) is 11.7 Å². The SMILES string of the molecule is Cc1cccc(NC(N)=O)c1CN1CCCC(Cc2ccc(F)c(F)c2)C1. The standard InChI is InChI=1S/C21H25F2N3O/c1-14-4-2-6-20(25-21(24)27)17(14)13-26-9-3-5-16(12-26)10-15-7-8-18(22)19(23)11-15/h2,4,6-8,11,16H,3,5,9-10,12-13H2,1H3,(H3,24,25,27). The van der Waals surface area contributed by atoms with Crippen LogP contribution in [0.4, 0.5) is 19.3 Å². The van der Waals surface area contributed by atoms with Crippen LogP contribution in [0.1, 0.15) is 29.5 Å². The number of anilines is 1. The van der Waals surface area contributed by atoms with Crippen LogP contribution in [0.2, 0.25) is 0 Å². The van der Waals surface area contributed by atoms with Crippen LogP contribution in [0.5, 0.6) is 0 Å². The second-order valence-corrected chi connectivity index (χ2v) is 7.29. The Morgan fingerprint density at radius 3 is 2.81 bits per heavy atom. The van der Waals surface area contributed by atoms with E-state index in [9.17, 15) is 13.6 Å². The number of halogens is 2. The predicted molar refractivity (Wildman–Crippen MR) is 102 cm³/mol. The van der Waals surface area contributed by atoms with E-state index in [1.807, 2.05) is 25.1 Å². The van der Waals surface area contributed by atoms with E-state index < -0.39 is 17.7 Å². The Kier molecular flexibility index (Phi) is 6.06. The highest BCUT2D eigenvalue weighted by Crippen LogP contribution is 2.26. The highest BCUT2D eigenvalue weighted by atomic mass is 19.2. The maximum absolute atomic E-state index is 13.5. The maximum Gasteiger partial charge on any atom is 0.316 e. The van der Waals surface area contributed by atoms with Crippen LogP contribution >= 0.6 is 0 Å². The Bertz CT molecular complexity index is 825. The molecule has 27 heavy (non-hydrogen) atoms. The summed E-state index contributed by atoms with van der Waals surface area (Å²) in [7, 11) is 0. The first kappa shape index (κ1) is 19.3. The monoisotopic (exact) mass is 373 g/mol. The number of nitrogens with zero attached hydrogens (tertiary/aromatic N) is 1. The first-order valence-electron chi connectivity index (χ1n) is 9.23. The molecule has 1 aliphatic heterocycles. The Morgan fingerprint density at radius 1 is 1.26 bits per heavy atom. The lowest BCUT2D eigenvalue weighted by Crippen LogP contribution is -2.36. The third kappa shape index (κ3) is 5.04. The van der Waals surface area contributed by atoms with Crippen molar-refractivity contribution in [1.29, 1.82) is 0 Å². The molecule has 0 aliphatic carbocycles. The van der Waals surface area contributed by atoms with Crippen molar-refractivity contribution in [3.8, 4) is 0 Å². The molecule has 0 aromatic heterocycles. The minimum absolute atomic E-state index is 0.389. The minimum atomic E-state index is -0.807. The van der Waals surface area contributed by atoms with Gasteiger partial charge < -0.3 is 11.1 Å². The number of carbonyl (C=O) groups is 1. The number of benzene rings is 2. The third-order valence-electron chi connectivity index (χ3n) is 5.16. The molecular weight excluding hydrogens is 348 g/mol. The fourth-order valence-electron chi connectivity index (χ4n) is 3.85. The number of likely N-dealkylation sites (tertiary alicyclic amines) is 1. The van der Waals surface area contributed by atoms with Gasteiger partial charge in [0.05, 0.1) is 0 Å². The number of nitrogens with one attached hydrogen (secondary N) is 1. The molecule has 3 rings (SSSR count). The zero-order valence-electron chi connectivity index (χ0n) is 15.5. The summed E-state index contributed by atoms with van der Waals surface area (Å²) in [4.78, 5) is 13.6. The molecule has 3 N–H and O–H groups in total. The molecule has 1 aliphatic rings. The van der Waals surface area contributed by atoms with E-state index in [1.165, 1.54) is 12.1 Å². The van der Waals surface area contributed by atoms with Crippen molar-refractivity contribution in [1.82, 2.24) is 4.90 Å². The van der Waals surface area contributed by atoms with Gasteiger partial charge in [0.2, 0.25) is 0 Å². The minimum Gasteiger partial charge on any atom is -0.351 e. The van der Waals surface area contributed by atoms with Crippen LogP contribution in [-0.2, 0) is 13.0 Å². The highest BCUT2D eigenvalue weighted by Gasteiger charge is 2.22. The van der Waals surface area contributed by atoms with Gasteiger partial charge in [-0.05, 0) is 73.5 Å². The van der Waals surface area contributed by atoms with E-state index in [2.05, 4.69) is 10.2 Å². The largest absolute Gasteiger partial charge is 0.351 e. The lowest BCUT2D eigenvalue weighted by molar-refractivity contribution is 0.167. The summed E-state index contributed by atoms with van der Waals surface area (Å²) in [6, 6.07) is 9.35. The van der Waals surface area contributed by atoms with E-state index in [0.717, 1.165) is 61.3 Å². The lowest BCUT2D eigenvalue weighted by Gasteiger charge is -2.33. The number of rotatable bonds is 5. The number of piperidine rings is 1. The molecule has 0 radical (unpaired) electrons. The van der Waals surface area contributed by atoms with Gasteiger partial charge in [-0.2, -0.15) is 0 Å². The maximum atomic E-state index is 13.5. The number of urea groups is 1. The van der Waals surface area contributed by atoms with Gasteiger partial charge in [0.1, 0.15) is 0 Å². The van der Waals surface area contributed by atoms with Gasteiger partial charge >= 0.3 is 6.03 Å². The first-order valence-corrected chi connectivity index (χ1v) is 9.23. The summed E-state index contributed by atoms with van der Waals surface area (Å²) in [5, 5.41) is 2.70. The number of nitrogens with two attached hydrogens (primary N) is 1. The number of aryl methyl sites for hydroxylation is 1. The number of carbonyl (C=O) groups excluding carboxylic acids is 1. The Balaban J connectivity index is 1.68. The van der Waals surface area contributed by atoms with Crippen LogP contribution in [0, 0.1) is 24.5 Å². The molecule has 1 atom stereocenters. The van der Waals surface area contributed by atoms with E-state index in [1.54, 1.807) is 6.07 Å². The molecule has 144 valence electrons. The van der Waals surface area contributed by atoms with E-state index in [0.29, 0.717) is 5.92 Å². The molecule has 0 bridgehead atoms. The van der Waals surface area contributed by atoms with Crippen LogP contribution < -0.4 is 11.1 Å². The van der Waals surface area contributed by atoms with Gasteiger partial charge in [0.15, 0.2) is 11.6 Å². The second-order valence-electron chi connectivity index (χ2n) is 7.29. The van der Waals surface area contributed by atoms with E-state index in [-0.39, 0.29) is 0 Å². The molecule has 2 aromatic carbocycles. The average Bonchev–Trinajstić information content (AvgIpc) is 2.61. The van der Waals surface area contributed by atoms with Gasteiger partial charge in [-0.15, -0.1) is 0 Å². The topological polar surface area (TPSA) is 58.4 Å². The summed E-state index contributed by atoms with van der Waals surface area (Å²) in [6.45, 7) is 4.59. The molecule has 0 saturated carbocycles. The number of hydrogen-bond donors (Lipinski definition) is 2. The summed E-state index contributed by atoms with van der Waals surface area (Å²) >= 11 is 0. The van der Waals surface area contributed by atoms with Crippen molar-refractivity contribution in [2.45, 2.75) is 32.7 Å². The predicted octanol–water partition coefficient (Wildman–Crippen LogP) is 4.22. The molecule has 1 fully saturated rings. The summed E-state index contributed by atoms with van der Waals surface area (Å²) in [5.74, 6) is -1.21. The van der Waals surface area contributed by atoms with Gasteiger partial charge in [-0.1, -0.05) is 18.2 Å². The van der Waals surface area contributed by atoms with Crippen molar-refractivity contribution in [3.63, 3.8) is 0 Å². The van der Waals surface area contributed by atoms with Gasteiger partial charge in [0.25, 0.3) is 0 Å². The zero-order valence-corrected chi connectivity index (χ0v) is 15.5. The van der Waals surface area contributed by atoms with Crippen molar-refractivity contribution >= 4 is 11.7 Å². The Labute approximate surface area is 158 Å². The van der Waals surface area contributed by atoms with Gasteiger partial charge in [-0.25, -0.2) is 13.6 Å². The smallest absolute Gasteiger partial charge is 0.316 e. The first-order chi connectivity index (χ1) is 12.9. The molecular formula is C21H25F2N3O. The quantitative estimate of drug-likeness (QED) is 0.824. The van der Waals surface area contributed by atoms with Crippen LogP contribution in [0.15, 0.2) is 36.4 Å². The zero-order chi connectivity index (χ0) is 19.4. The van der Waals surface area contributed by atoms with Crippen molar-refractivity contribution in [3.05, 3.63) is 64.7 Å².